The lowest BCUT2D eigenvalue weighted by molar-refractivity contribution is 0.250. The lowest BCUT2D eigenvalue weighted by Gasteiger charge is -2.24. The van der Waals surface area contributed by atoms with Gasteiger partial charge in [0.15, 0.2) is 0 Å². The minimum absolute atomic E-state index is 0.481. The fourth-order valence-electron chi connectivity index (χ4n) is 2.81. The first-order valence-electron chi connectivity index (χ1n) is 6.85. The summed E-state index contributed by atoms with van der Waals surface area (Å²) >= 11 is 6.11. The molecule has 20 heavy (non-hydrogen) atoms. The van der Waals surface area contributed by atoms with Crippen molar-refractivity contribution in [1.82, 2.24) is 19.7 Å². The molecule has 5 nitrogen and oxygen atoms in total. The summed E-state index contributed by atoms with van der Waals surface area (Å²) < 4.78 is 1.76. The van der Waals surface area contributed by atoms with E-state index in [4.69, 9.17) is 17.3 Å². The maximum Gasteiger partial charge on any atom is 0.138 e. The molecule has 1 aromatic carbocycles. The van der Waals surface area contributed by atoms with Gasteiger partial charge in [0, 0.05) is 24.2 Å². The van der Waals surface area contributed by atoms with E-state index in [0.717, 1.165) is 18.8 Å². The molecule has 1 aliphatic rings. The second kappa shape index (κ2) is 5.91. The summed E-state index contributed by atoms with van der Waals surface area (Å²) in [5.74, 6) is 0. The van der Waals surface area contributed by atoms with Crippen molar-refractivity contribution in [2.75, 3.05) is 13.1 Å². The number of benzene rings is 1. The molecule has 1 unspecified atom stereocenters. The van der Waals surface area contributed by atoms with E-state index in [9.17, 15) is 0 Å². The standard InChI is InChI=1S/C14H18ClN5/c15-12-4-3-11(8-19-5-1-2-13(19)7-16)14(6-12)20-10-17-9-18-20/h3-4,6,9-10,13H,1-2,5,7-8,16H2. The summed E-state index contributed by atoms with van der Waals surface area (Å²) in [6.45, 7) is 2.68. The Morgan fingerprint density at radius 2 is 2.30 bits per heavy atom. The van der Waals surface area contributed by atoms with E-state index in [1.54, 1.807) is 11.0 Å². The van der Waals surface area contributed by atoms with Gasteiger partial charge in [-0.25, -0.2) is 9.67 Å². The van der Waals surface area contributed by atoms with Crippen LogP contribution in [0, 0.1) is 0 Å². The van der Waals surface area contributed by atoms with Gasteiger partial charge in [0.05, 0.1) is 5.69 Å². The quantitative estimate of drug-likeness (QED) is 0.934. The van der Waals surface area contributed by atoms with Crippen LogP contribution in [0.5, 0.6) is 0 Å². The number of hydrogen-bond acceptors (Lipinski definition) is 4. The first-order valence-corrected chi connectivity index (χ1v) is 7.23. The largest absolute Gasteiger partial charge is 0.329 e. The lowest BCUT2D eigenvalue weighted by atomic mass is 10.1. The van der Waals surface area contributed by atoms with E-state index in [2.05, 4.69) is 21.0 Å². The number of aromatic nitrogens is 3. The predicted octanol–water partition coefficient (Wildman–Crippen LogP) is 1.84. The normalized spacial score (nSPS) is 19.6. The average molecular weight is 292 g/mol. The molecule has 106 valence electrons. The Kier molecular flexibility index (Phi) is 4.00. The van der Waals surface area contributed by atoms with Gasteiger partial charge in [-0.2, -0.15) is 5.10 Å². The van der Waals surface area contributed by atoms with Gasteiger partial charge in [-0.1, -0.05) is 17.7 Å². The zero-order valence-corrected chi connectivity index (χ0v) is 12.0. The van der Waals surface area contributed by atoms with Gasteiger partial charge in [0.1, 0.15) is 12.7 Å². The predicted molar refractivity (Wildman–Crippen MR) is 78.9 cm³/mol. The van der Waals surface area contributed by atoms with Crippen LogP contribution in [0.1, 0.15) is 18.4 Å². The number of hydrogen-bond donors (Lipinski definition) is 1. The minimum atomic E-state index is 0.481. The Hall–Kier alpha value is -1.43. The van der Waals surface area contributed by atoms with Crippen molar-refractivity contribution >= 4 is 11.6 Å². The summed E-state index contributed by atoms with van der Waals surface area (Å²) in [5, 5.41) is 4.91. The Labute approximate surface area is 123 Å². The summed E-state index contributed by atoms with van der Waals surface area (Å²) in [7, 11) is 0. The summed E-state index contributed by atoms with van der Waals surface area (Å²) in [6.07, 6.45) is 5.62. The first kappa shape index (κ1) is 13.5. The summed E-state index contributed by atoms with van der Waals surface area (Å²) in [4.78, 5) is 6.44. The van der Waals surface area contributed by atoms with E-state index in [-0.39, 0.29) is 0 Å². The van der Waals surface area contributed by atoms with Gasteiger partial charge in [0.2, 0.25) is 0 Å². The van der Waals surface area contributed by atoms with Crippen molar-refractivity contribution in [2.24, 2.45) is 5.73 Å². The highest BCUT2D eigenvalue weighted by molar-refractivity contribution is 6.30. The van der Waals surface area contributed by atoms with E-state index in [0.29, 0.717) is 17.6 Å². The van der Waals surface area contributed by atoms with E-state index in [1.165, 1.54) is 24.7 Å². The highest BCUT2D eigenvalue weighted by atomic mass is 35.5. The van der Waals surface area contributed by atoms with Gasteiger partial charge < -0.3 is 5.73 Å². The van der Waals surface area contributed by atoms with Crippen molar-refractivity contribution in [1.29, 1.82) is 0 Å². The lowest BCUT2D eigenvalue weighted by Crippen LogP contribution is -2.35. The molecular weight excluding hydrogens is 274 g/mol. The minimum Gasteiger partial charge on any atom is -0.329 e. The van der Waals surface area contributed by atoms with Crippen molar-refractivity contribution in [2.45, 2.75) is 25.4 Å². The summed E-state index contributed by atoms with van der Waals surface area (Å²) in [6, 6.07) is 6.39. The molecule has 0 saturated carbocycles. The Morgan fingerprint density at radius 1 is 1.40 bits per heavy atom. The zero-order valence-electron chi connectivity index (χ0n) is 11.2. The molecule has 0 radical (unpaired) electrons. The smallest absolute Gasteiger partial charge is 0.138 e. The second-order valence-corrected chi connectivity index (χ2v) is 5.55. The highest BCUT2D eigenvalue weighted by Gasteiger charge is 2.24. The summed E-state index contributed by atoms with van der Waals surface area (Å²) in [5.41, 5.74) is 8.02. The van der Waals surface area contributed by atoms with Gasteiger partial charge in [0.25, 0.3) is 0 Å². The second-order valence-electron chi connectivity index (χ2n) is 5.12. The number of rotatable bonds is 4. The van der Waals surface area contributed by atoms with E-state index in [1.807, 2.05) is 12.1 Å². The molecule has 2 heterocycles. The Morgan fingerprint density at radius 3 is 3.05 bits per heavy atom. The van der Waals surface area contributed by atoms with Gasteiger partial charge in [-0.05, 0) is 37.1 Å². The van der Waals surface area contributed by atoms with Crippen molar-refractivity contribution < 1.29 is 0 Å². The van der Waals surface area contributed by atoms with Gasteiger partial charge >= 0.3 is 0 Å². The van der Waals surface area contributed by atoms with Gasteiger partial charge in [-0.15, -0.1) is 0 Å². The fourth-order valence-corrected chi connectivity index (χ4v) is 2.97. The van der Waals surface area contributed by atoms with Crippen molar-refractivity contribution in [3.8, 4) is 5.69 Å². The molecule has 0 spiro atoms. The SMILES string of the molecule is NCC1CCCN1Cc1ccc(Cl)cc1-n1cncn1. The van der Waals surface area contributed by atoms with Crippen LogP contribution in [0.15, 0.2) is 30.9 Å². The molecule has 1 aliphatic heterocycles. The van der Waals surface area contributed by atoms with Crippen molar-refractivity contribution in [3.63, 3.8) is 0 Å². The molecule has 2 aromatic rings. The number of likely N-dealkylation sites (tertiary alicyclic amines) is 1. The van der Waals surface area contributed by atoms with Gasteiger partial charge in [-0.3, -0.25) is 4.90 Å². The zero-order chi connectivity index (χ0) is 13.9. The first-order chi connectivity index (χ1) is 9.78. The highest BCUT2D eigenvalue weighted by Crippen LogP contribution is 2.24. The Bertz CT molecular complexity index is 569. The number of nitrogens with zero attached hydrogens (tertiary/aromatic N) is 4. The molecular formula is C14H18ClN5. The number of halogens is 1. The molecule has 0 bridgehead atoms. The number of nitrogens with two attached hydrogens (primary N) is 1. The van der Waals surface area contributed by atoms with Crippen LogP contribution in [0.4, 0.5) is 0 Å². The maximum atomic E-state index is 6.11. The molecule has 3 rings (SSSR count). The molecule has 1 atom stereocenters. The van der Waals surface area contributed by atoms with Crippen LogP contribution in [0.2, 0.25) is 5.02 Å². The van der Waals surface area contributed by atoms with Crippen LogP contribution in [0.3, 0.4) is 0 Å². The average Bonchev–Trinajstić information content (AvgIpc) is 3.11. The molecule has 1 aromatic heterocycles. The van der Waals surface area contributed by atoms with Crippen molar-refractivity contribution in [3.05, 3.63) is 41.4 Å². The molecule has 0 aliphatic carbocycles. The molecule has 2 N–H and O–H groups in total. The third kappa shape index (κ3) is 2.70. The van der Waals surface area contributed by atoms with Crippen LogP contribution >= 0.6 is 11.6 Å². The topological polar surface area (TPSA) is 60.0 Å². The molecule has 1 saturated heterocycles. The fraction of sp³-hybridized carbons (Fsp3) is 0.429. The Balaban J connectivity index is 1.89. The monoisotopic (exact) mass is 291 g/mol. The van der Waals surface area contributed by atoms with Crippen LogP contribution < -0.4 is 5.73 Å². The van der Waals surface area contributed by atoms with Crippen LogP contribution in [-0.4, -0.2) is 38.8 Å². The van der Waals surface area contributed by atoms with E-state index >= 15 is 0 Å². The molecule has 1 fully saturated rings. The third-order valence-corrected chi connectivity index (χ3v) is 4.09. The van der Waals surface area contributed by atoms with Crippen LogP contribution in [0.25, 0.3) is 5.69 Å². The van der Waals surface area contributed by atoms with E-state index < -0.39 is 0 Å². The van der Waals surface area contributed by atoms with Crippen LogP contribution in [-0.2, 0) is 6.54 Å². The molecule has 0 amide bonds. The molecule has 6 heteroatoms. The third-order valence-electron chi connectivity index (χ3n) is 3.86. The maximum absolute atomic E-state index is 6.11.